The van der Waals surface area contributed by atoms with Gasteiger partial charge in [-0.2, -0.15) is 0 Å². The van der Waals surface area contributed by atoms with Crippen LogP contribution in [0.1, 0.15) is 6.92 Å². The Balaban J connectivity index is 0.00000225. The molecule has 1 aromatic rings. The highest BCUT2D eigenvalue weighted by Crippen LogP contribution is 2.32. The van der Waals surface area contributed by atoms with Crippen LogP contribution in [0.2, 0.25) is 0 Å². The molecule has 2 saturated heterocycles. The molecule has 2 heterocycles. The Labute approximate surface area is 179 Å². The van der Waals surface area contributed by atoms with Gasteiger partial charge >= 0.3 is 0 Å². The van der Waals surface area contributed by atoms with Crippen molar-refractivity contribution in [2.75, 3.05) is 67.7 Å². The normalized spacial score (nSPS) is 17.7. The topological polar surface area (TPSA) is 80.1 Å². The van der Waals surface area contributed by atoms with Gasteiger partial charge in [-0.3, -0.25) is 4.79 Å². The predicted molar refractivity (Wildman–Crippen MR) is 117 cm³/mol. The highest BCUT2D eigenvalue weighted by atomic mass is 35.5. The third kappa shape index (κ3) is 6.85. The fourth-order valence-corrected chi connectivity index (χ4v) is 2.96. The Kier molecular flexibility index (Phi) is 12.0. The van der Waals surface area contributed by atoms with Crippen LogP contribution in [-0.4, -0.2) is 64.6 Å². The predicted octanol–water partition coefficient (Wildman–Crippen LogP) is 1.91. The molecule has 7 nitrogen and oxygen atoms in total. The van der Waals surface area contributed by atoms with Gasteiger partial charge in [0.25, 0.3) is 0 Å². The number of rotatable bonds is 4. The van der Waals surface area contributed by atoms with Crippen molar-refractivity contribution in [2.45, 2.75) is 13.0 Å². The maximum atomic E-state index is 12.0. The van der Waals surface area contributed by atoms with Crippen molar-refractivity contribution in [3.8, 4) is 0 Å². The summed E-state index contributed by atoms with van der Waals surface area (Å²) in [4.78, 5) is 16.6. The van der Waals surface area contributed by atoms with Gasteiger partial charge in [0.2, 0.25) is 5.91 Å². The molecular weight excluding hydrogens is 415 g/mol. The molecule has 0 bridgehead atoms. The van der Waals surface area contributed by atoms with E-state index in [4.69, 9.17) is 15.2 Å². The Morgan fingerprint density at radius 2 is 1.52 bits per heavy atom. The molecule has 0 aromatic heterocycles. The molecule has 0 unspecified atom stereocenters. The molecule has 3 N–H and O–H groups in total. The van der Waals surface area contributed by atoms with Crippen molar-refractivity contribution >= 4 is 60.2 Å². The summed E-state index contributed by atoms with van der Waals surface area (Å²) in [6.45, 7) is 7.96. The second-order valence-electron chi connectivity index (χ2n) is 6.18. The third-order valence-electron chi connectivity index (χ3n) is 4.38. The number of hydrogen-bond acceptors (Lipinski definition) is 6. The summed E-state index contributed by atoms with van der Waals surface area (Å²) >= 11 is 0. The van der Waals surface area contributed by atoms with Crippen LogP contribution in [0.4, 0.5) is 17.1 Å². The van der Waals surface area contributed by atoms with Gasteiger partial charge in [0.1, 0.15) is 0 Å². The number of nitrogens with zero attached hydrogens (tertiary/aromatic N) is 2. The standard InChI is InChI=1S/C17H26N4O3.3ClH/c1-13(18)17(22)19-15-3-2-14(20-4-8-23-9-5-20)12-16(15)21-6-10-24-11-7-21;;;/h2-3,12-13H,4-11,18H2,1H3,(H,19,22);3*1H/t13-;;;/m1.../s1. The van der Waals surface area contributed by atoms with Gasteiger partial charge in [0.05, 0.1) is 43.8 Å². The molecule has 1 amide bonds. The summed E-state index contributed by atoms with van der Waals surface area (Å²) in [6, 6.07) is 5.62. The van der Waals surface area contributed by atoms with Crippen molar-refractivity contribution in [2.24, 2.45) is 5.73 Å². The van der Waals surface area contributed by atoms with E-state index in [9.17, 15) is 4.79 Å². The smallest absolute Gasteiger partial charge is 0.241 e. The minimum atomic E-state index is -0.540. The van der Waals surface area contributed by atoms with E-state index in [1.165, 1.54) is 0 Å². The number of nitrogens with one attached hydrogen (secondary N) is 1. The molecule has 10 heteroatoms. The Bertz CT molecular complexity index is 581. The van der Waals surface area contributed by atoms with Crippen LogP contribution in [0.15, 0.2) is 18.2 Å². The minimum absolute atomic E-state index is 0. The van der Waals surface area contributed by atoms with Gasteiger partial charge in [-0.15, -0.1) is 37.2 Å². The van der Waals surface area contributed by atoms with Crippen molar-refractivity contribution in [3.05, 3.63) is 18.2 Å². The van der Waals surface area contributed by atoms with E-state index in [-0.39, 0.29) is 43.1 Å². The van der Waals surface area contributed by atoms with E-state index in [2.05, 4.69) is 21.2 Å². The summed E-state index contributed by atoms with van der Waals surface area (Å²) < 4.78 is 10.9. The van der Waals surface area contributed by atoms with Crippen molar-refractivity contribution in [1.82, 2.24) is 0 Å². The van der Waals surface area contributed by atoms with Gasteiger partial charge in [0.15, 0.2) is 0 Å². The van der Waals surface area contributed by atoms with E-state index >= 15 is 0 Å². The maximum Gasteiger partial charge on any atom is 0.241 e. The van der Waals surface area contributed by atoms with Gasteiger partial charge in [-0.25, -0.2) is 0 Å². The van der Waals surface area contributed by atoms with Crippen LogP contribution in [0, 0.1) is 0 Å². The lowest BCUT2D eigenvalue weighted by molar-refractivity contribution is -0.117. The first kappa shape index (κ1) is 26.0. The number of amides is 1. The zero-order chi connectivity index (χ0) is 16.9. The number of morpholine rings is 2. The first-order valence-electron chi connectivity index (χ1n) is 8.51. The average Bonchev–Trinajstić information content (AvgIpc) is 2.63. The van der Waals surface area contributed by atoms with E-state index < -0.39 is 6.04 Å². The molecule has 2 aliphatic rings. The Morgan fingerprint density at radius 3 is 2.04 bits per heavy atom. The number of nitrogens with two attached hydrogens (primary N) is 1. The quantitative estimate of drug-likeness (QED) is 0.740. The second kappa shape index (κ2) is 12.5. The first-order valence-corrected chi connectivity index (χ1v) is 8.51. The van der Waals surface area contributed by atoms with E-state index in [1.54, 1.807) is 6.92 Å². The van der Waals surface area contributed by atoms with Crippen LogP contribution in [0.25, 0.3) is 0 Å². The number of carbonyl (C=O) groups excluding carboxylic acids is 1. The van der Waals surface area contributed by atoms with E-state index in [1.807, 2.05) is 12.1 Å². The summed E-state index contributed by atoms with van der Waals surface area (Å²) in [5.74, 6) is -0.177. The van der Waals surface area contributed by atoms with Gasteiger partial charge in [-0.1, -0.05) is 0 Å². The molecule has 2 fully saturated rings. The molecule has 0 saturated carbocycles. The Morgan fingerprint density at radius 1 is 1.00 bits per heavy atom. The van der Waals surface area contributed by atoms with Crippen molar-refractivity contribution in [3.63, 3.8) is 0 Å². The van der Waals surface area contributed by atoms with Crippen molar-refractivity contribution < 1.29 is 14.3 Å². The zero-order valence-electron chi connectivity index (χ0n) is 15.4. The lowest BCUT2D eigenvalue weighted by Crippen LogP contribution is -2.39. The second-order valence-corrected chi connectivity index (χ2v) is 6.18. The molecule has 156 valence electrons. The largest absolute Gasteiger partial charge is 0.378 e. The molecule has 1 aromatic carbocycles. The van der Waals surface area contributed by atoms with Gasteiger partial charge in [-0.05, 0) is 25.1 Å². The van der Waals surface area contributed by atoms with Crippen LogP contribution < -0.4 is 20.9 Å². The lowest BCUT2D eigenvalue weighted by Gasteiger charge is -2.33. The zero-order valence-corrected chi connectivity index (χ0v) is 17.8. The fraction of sp³-hybridized carbons (Fsp3) is 0.588. The summed E-state index contributed by atoms with van der Waals surface area (Å²) in [5, 5.41) is 2.95. The number of benzene rings is 1. The van der Waals surface area contributed by atoms with Crippen molar-refractivity contribution in [1.29, 1.82) is 0 Å². The van der Waals surface area contributed by atoms with Crippen LogP contribution in [0.5, 0.6) is 0 Å². The number of hydrogen-bond donors (Lipinski definition) is 2. The number of halogens is 3. The monoisotopic (exact) mass is 442 g/mol. The number of carbonyl (C=O) groups is 1. The van der Waals surface area contributed by atoms with Crippen LogP contribution >= 0.6 is 37.2 Å². The molecule has 3 rings (SSSR count). The fourth-order valence-electron chi connectivity index (χ4n) is 2.96. The SMILES string of the molecule is C[C@@H](N)C(=O)Nc1ccc(N2CCOCC2)cc1N1CCOCC1.Cl.Cl.Cl. The first-order chi connectivity index (χ1) is 11.6. The van der Waals surface area contributed by atoms with E-state index in [0.717, 1.165) is 56.5 Å². The Hall–Kier alpha value is -0.960. The van der Waals surface area contributed by atoms with Gasteiger partial charge in [0, 0.05) is 31.9 Å². The van der Waals surface area contributed by atoms with Crippen LogP contribution in [-0.2, 0) is 14.3 Å². The van der Waals surface area contributed by atoms with E-state index in [0.29, 0.717) is 13.2 Å². The molecule has 0 radical (unpaired) electrons. The molecule has 2 aliphatic heterocycles. The molecule has 0 spiro atoms. The number of ether oxygens (including phenoxy) is 2. The number of anilines is 3. The highest BCUT2D eigenvalue weighted by molar-refractivity contribution is 5.98. The third-order valence-corrected chi connectivity index (χ3v) is 4.38. The maximum absolute atomic E-state index is 12.0. The van der Waals surface area contributed by atoms with Gasteiger partial charge < -0.3 is 30.3 Å². The molecular formula is C17H29Cl3N4O3. The molecule has 0 aliphatic carbocycles. The highest BCUT2D eigenvalue weighted by Gasteiger charge is 2.20. The molecule has 1 atom stereocenters. The summed E-state index contributed by atoms with van der Waals surface area (Å²) in [7, 11) is 0. The molecule has 27 heavy (non-hydrogen) atoms. The summed E-state index contributed by atoms with van der Waals surface area (Å²) in [6.07, 6.45) is 0. The minimum Gasteiger partial charge on any atom is -0.378 e. The van der Waals surface area contributed by atoms with Crippen LogP contribution in [0.3, 0.4) is 0 Å². The lowest BCUT2D eigenvalue weighted by atomic mass is 10.1. The average molecular weight is 444 g/mol. The summed E-state index contributed by atoms with van der Waals surface area (Å²) in [5.41, 5.74) is 8.67.